The summed E-state index contributed by atoms with van der Waals surface area (Å²) in [6.45, 7) is 0. The van der Waals surface area contributed by atoms with Gasteiger partial charge in [-0.25, -0.2) is 0 Å². The maximum absolute atomic E-state index is 4.38. The average Bonchev–Trinajstić information content (AvgIpc) is 2.62. The maximum Gasteiger partial charge on any atom is 0.0630 e. The van der Waals surface area contributed by atoms with Crippen LogP contribution in [-0.4, -0.2) is 18.7 Å². The lowest BCUT2D eigenvalue weighted by atomic mass is 10.3. The molecule has 0 amide bonds. The Kier molecular flexibility index (Phi) is 10.1. The second-order valence-electron chi connectivity index (χ2n) is 4.59. The number of halogens is 1. The molecule has 0 spiro atoms. The topological polar surface area (TPSA) is 24.4 Å². The third kappa shape index (κ3) is 7.30. The van der Waals surface area contributed by atoms with E-state index in [1.165, 1.54) is 9.79 Å². The molecule has 0 unspecified atom stereocenters. The molecule has 2 rings (SSSR count). The number of nitrogens with zero attached hydrogens (tertiary/aromatic N) is 1. The van der Waals surface area contributed by atoms with Crippen LogP contribution in [0.25, 0.3) is 0 Å². The van der Waals surface area contributed by atoms with Crippen molar-refractivity contribution in [3.8, 4) is 0 Å². The molecular weight excluding hydrogens is 356 g/mol. The molecule has 2 aromatic carbocycles. The molecule has 0 atom stereocenters. The molecule has 0 radical (unpaired) electrons. The van der Waals surface area contributed by atoms with E-state index in [9.17, 15) is 0 Å². The first kappa shape index (κ1) is 20.4. The van der Waals surface area contributed by atoms with Gasteiger partial charge in [-0.1, -0.05) is 6.08 Å². The Morgan fingerprint density at radius 3 is 1.96 bits per heavy atom. The molecule has 126 valence electrons. The number of nitrogens with one attached hydrogen (secondary N) is 1. The molecule has 0 aliphatic heterocycles. The minimum Gasteiger partial charge on any atom is -0.362 e. The standard InChI is InChI=1S/C19H20N2S2.ClH/c1-22-18-10-6-16(7-11-18)20-14-4-3-5-15-21-17-8-12-19(23-2)13-9-17;/h3-15,20H,1-2H3;1H. The van der Waals surface area contributed by atoms with E-state index in [4.69, 9.17) is 0 Å². The fourth-order valence-electron chi connectivity index (χ4n) is 1.80. The number of benzene rings is 2. The van der Waals surface area contributed by atoms with Gasteiger partial charge in [0.25, 0.3) is 0 Å². The Morgan fingerprint density at radius 1 is 0.792 bits per heavy atom. The highest BCUT2D eigenvalue weighted by molar-refractivity contribution is 7.98. The SMILES string of the molecule is CSc1ccc(N=CC=CC=CNc2ccc(SC)cc2)cc1.Cl. The first-order valence-electron chi connectivity index (χ1n) is 7.22. The van der Waals surface area contributed by atoms with Crippen LogP contribution >= 0.6 is 35.9 Å². The van der Waals surface area contributed by atoms with E-state index in [0.717, 1.165) is 11.4 Å². The predicted octanol–water partition coefficient (Wildman–Crippen LogP) is 6.44. The van der Waals surface area contributed by atoms with Crippen molar-refractivity contribution in [3.63, 3.8) is 0 Å². The largest absolute Gasteiger partial charge is 0.362 e. The van der Waals surface area contributed by atoms with Crippen LogP contribution in [0.2, 0.25) is 0 Å². The van der Waals surface area contributed by atoms with Crippen LogP contribution in [0.15, 0.2) is 87.7 Å². The summed E-state index contributed by atoms with van der Waals surface area (Å²) in [7, 11) is 0. The zero-order chi connectivity index (χ0) is 16.3. The van der Waals surface area contributed by atoms with E-state index in [1.54, 1.807) is 29.7 Å². The van der Waals surface area contributed by atoms with Gasteiger partial charge < -0.3 is 5.32 Å². The lowest BCUT2D eigenvalue weighted by Crippen LogP contribution is -1.85. The minimum atomic E-state index is 0. The lowest BCUT2D eigenvalue weighted by molar-refractivity contribution is 1.43. The van der Waals surface area contributed by atoms with Gasteiger partial charge in [0.15, 0.2) is 0 Å². The van der Waals surface area contributed by atoms with Crippen molar-refractivity contribution in [3.05, 3.63) is 73.0 Å². The van der Waals surface area contributed by atoms with Gasteiger partial charge in [0, 0.05) is 27.9 Å². The van der Waals surface area contributed by atoms with Crippen molar-refractivity contribution >= 4 is 53.5 Å². The molecule has 0 heterocycles. The number of allylic oxidation sites excluding steroid dienone is 3. The fraction of sp³-hybridized carbons (Fsp3) is 0.105. The van der Waals surface area contributed by atoms with Gasteiger partial charge in [-0.05, 0) is 73.2 Å². The van der Waals surface area contributed by atoms with E-state index in [2.05, 4.69) is 59.2 Å². The first-order valence-corrected chi connectivity index (χ1v) is 9.67. The van der Waals surface area contributed by atoms with Crippen LogP contribution in [0.4, 0.5) is 11.4 Å². The summed E-state index contributed by atoms with van der Waals surface area (Å²) in [5.41, 5.74) is 2.04. The van der Waals surface area contributed by atoms with Crippen molar-refractivity contribution in [1.29, 1.82) is 0 Å². The van der Waals surface area contributed by atoms with Crippen LogP contribution < -0.4 is 5.32 Å². The quantitative estimate of drug-likeness (QED) is 0.342. The Morgan fingerprint density at radius 2 is 1.38 bits per heavy atom. The highest BCUT2D eigenvalue weighted by atomic mass is 35.5. The molecule has 0 fully saturated rings. The van der Waals surface area contributed by atoms with Gasteiger partial charge in [-0.15, -0.1) is 35.9 Å². The number of rotatable bonds is 7. The summed E-state index contributed by atoms with van der Waals surface area (Å²) in [6.07, 6.45) is 13.7. The third-order valence-corrected chi connectivity index (χ3v) is 4.53. The van der Waals surface area contributed by atoms with Gasteiger partial charge in [0.2, 0.25) is 0 Å². The number of anilines is 1. The maximum atomic E-state index is 4.38. The molecule has 0 aliphatic carbocycles. The molecule has 2 nitrogen and oxygen atoms in total. The molecule has 0 aromatic heterocycles. The van der Waals surface area contributed by atoms with Crippen molar-refractivity contribution in [2.75, 3.05) is 17.8 Å². The second kappa shape index (κ2) is 11.8. The van der Waals surface area contributed by atoms with E-state index >= 15 is 0 Å². The second-order valence-corrected chi connectivity index (χ2v) is 6.35. The van der Waals surface area contributed by atoms with Crippen LogP contribution in [0.1, 0.15) is 0 Å². The summed E-state index contributed by atoms with van der Waals surface area (Å²) in [4.78, 5) is 6.89. The van der Waals surface area contributed by atoms with Gasteiger partial charge in [-0.2, -0.15) is 0 Å². The zero-order valence-electron chi connectivity index (χ0n) is 13.7. The Hall–Kier alpha value is -1.62. The molecular formula is C19H21ClN2S2. The Labute approximate surface area is 159 Å². The van der Waals surface area contributed by atoms with Crippen LogP contribution in [-0.2, 0) is 0 Å². The highest BCUT2D eigenvalue weighted by Gasteiger charge is 1.90. The van der Waals surface area contributed by atoms with Crippen molar-refractivity contribution in [2.45, 2.75) is 9.79 Å². The van der Waals surface area contributed by atoms with Crippen molar-refractivity contribution in [2.24, 2.45) is 4.99 Å². The molecule has 24 heavy (non-hydrogen) atoms. The molecule has 5 heteroatoms. The number of hydrogen-bond acceptors (Lipinski definition) is 4. The molecule has 0 bridgehead atoms. The molecule has 0 saturated carbocycles. The van der Waals surface area contributed by atoms with Crippen LogP contribution in [0, 0.1) is 0 Å². The van der Waals surface area contributed by atoms with Gasteiger partial charge in [0.1, 0.15) is 0 Å². The van der Waals surface area contributed by atoms with E-state index < -0.39 is 0 Å². The van der Waals surface area contributed by atoms with E-state index in [-0.39, 0.29) is 12.4 Å². The molecule has 0 aliphatic rings. The summed E-state index contributed by atoms with van der Waals surface area (Å²) in [5.74, 6) is 0. The summed E-state index contributed by atoms with van der Waals surface area (Å²) < 4.78 is 0. The third-order valence-electron chi connectivity index (χ3n) is 3.04. The van der Waals surface area contributed by atoms with Crippen molar-refractivity contribution in [1.82, 2.24) is 0 Å². The Bertz CT molecular complexity index is 678. The predicted molar refractivity (Wildman–Crippen MR) is 114 cm³/mol. The van der Waals surface area contributed by atoms with E-state index in [1.807, 2.05) is 36.6 Å². The van der Waals surface area contributed by atoms with Gasteiger partial charge >= 0.3 is 0 Å². The normalized spacial score (nSPS) is 11.2. The van der Waals surface area contributed by atoms with Gasteiger partial charge in [0.05, 0.1) is 5.69 Å². The number of thioether (sulfide) groups is 2. The molecule has 0 saturated heterocycles. The Balaban J connectivity index is 0.00000288. The fourth-order valence-corrected chi connectivity index (χ4v) is 2.61. The lowest BCUT2D eigenvalue weighted by Gasteiger charge is -2.00. The van der Waals surface area contributed by atoms with Gasteiger partial charge in [-0.3, -0.25) is 4.99 Å². The van der Waals surface area contributed by atoms with Crippen LogP contribution in [0.3, 0.4) is 0 Å². The average molecular weight is 377 g/mol. The monoisotopic (exact) mass is 376 g/mol. The van der Waals surface area contributed by atoms with Crippen molar-refractivity contribution < 1.29 is 0 Å². The van der Waals surface area contributed by atoms with Crippen LogP contribution in [0.5, 0.6) is 0 Å². The molecule has 1 N–H and O–H groups in total. The zero-order valence-corrected chi connectivity index (χ0v) is 16.1. The van der Waals surface area contributed by atoms with E-state index in [0.29, 0.717) is 0 Å². The minimum absolute atomic E-state index is 0. The first-order chi connectivity index (χ1) is 11.3. The smallest absolute Gasteiger partial charge is 0.0630 e. The summed E-state index contributed by atoms with van der Waals surface area (Å²) in [5, 5.41) is 3.23. The molecule has 2 aromatic rings. The summed E-state index contributed by atoms with van der Waals surface area (Å²) in [6, 6.07) is 16.5. The highest BCUT2D eigenvalue weighted by Crippen LogP contribution is 2.19. The number of aliphatic imine (C=N–C) groups is 1. The summed E-state index contributed by atoms with van der Waals surface area (Å²) >= 11 is 3.47. The number of hydrogen-bond donors (Lipinski definition) is 1.